The van der Waals surface area contributed by atoms with Crippen LogP contribution in [0.5, 0.6) is 0 Å². The quantitative estimate of drug-likeness (QED) is 0.216. The van der Waals surface area contributed by atoms with Crippen molar-refractivity contribution in [1.82, 2.24) is 0 Å². The van der Waals surface area contributed by atoms with Crippen molar-refractivity contribution >= 4 is 35.8 Å². The summed E-state index contributed by atoms with van der Waals surface area (Å²) in [6, 6.07) is 0. The molecule has 36 heavy (non-hydrogen) atoms. The van der Waals surface area contributed by atoms with E-state index in [9.17, 15) is 28.8 Å². The second-order valence-electron chi connectivity index (χ2n) is 7.56. The van der Waals surface area contributed by atoms with Gasteiger partial charge in [0.1, 0.15) is 26.4 Å². The van der Waals surface area contributed by atoms with Gasteiger partial charge in [0.25, 0.3) is 0 Å². The summed E-state index contributed by atoms with van der Waals surface area (Å²) in [6.45, 7) is 8.85. The Hall–Kier alpha value is -3.18. The number of carbonyl (C=O) groups is 6. The number of carbonyl (C=O) groups excluding carboxylic acids is 6. The van der Waals surface area contributed by atoms with Crippen LogP contribution in [0.1, 0.15) is 80.1 Å². The van der Waals surface area contributed by atoms with Crippen LogP contribution < -0.4 is 0 Å². The fourth-order valence-electron chi connectivity index (χ4n) is 2.26. The molecule has 0 atom stereocenters. The Labute approximate surface area is 212 Å². The lowest BCUT2D eigenvalue weighted by Crippen LogP contribution is -2.30. The molecule has 0 heterocycles. The average Bonchev–Trinajstić information content (AvgIpc) is 2.78. The summed E-state index contributed by atoms with van der Waals surface area (Å²) in [5.74, 6) is -2.60. The first kappa shape index (κ1) is 35.0. The lowest BCUT2D eigenvalue weighted by atomic mass is 10.3. The number of ether oxygens (including phenoxy) is 6. The van der Waals surface area contributed by atoms with Gasteiger partial charge in [-0.05, 0) is 19.3 Å². The van der Waals surface area contributed by atoms with Crippen LogP contribution in [0.25, 0.3) is 0 Å². The normalized spacial score (nSPS) is 10.0. The van der Waals surface area contributed by atoms with Gasteiger partial charge in [-0.2, -0.15) is 0 Å². The molecule has 0 saturated heterocycles. The molecule has 208 valence electrons. The first-order chi connectivity index (χ1) is 16.9. The zero-order chi connectivity index (χ0) is 27.9. The van der Waals surface area contributed by atoms with Crippen LogP contribution in [-0.4, -0.2) is 74.5 Å². The highest BCUT2D eigenvalue weighted by atomic mass is 16.6. The van der Waals surface area contributed by atoms with Crippen molar-refractivity contribution in [1.29, 1.82) is 0 Å². The van der Waals surface area contributed by atoms with E-state index in [4.69, 9.17) is 18.9 Å². The standard InChI is InChI=1S/C15H26O6.C9H14O6/c1-4-7-13(16)19-10-12(21-15(18)9-6-3)11-20-14(17)8-5-2;1-6(10)13-4-9(15-8(3)12)5-14-7(2)11/h12H,4-11H2,1-3H3;9H,4-5H2,1-3H3. The minimum atomic E-state index is -0.754. The number of esters is 6. The van der Waals surface area contributed by atoms with Gasteiger partial charge in [0.05, 0.1) is 0 Å². The highest BCUT2D eigenvalue weighted by Crippen LogP contribution is 2.03. The molecule has 0 aliphatic carbocycles. The molecule has 0 rings (SSSR count). The van der Waals surface area contributed by atoms with Crippen molar-refractivity contribution < 1.29 is 57.2 Å². The Balaban J connectivity index is 0. The van der Waals surface area contributed by atoms with Gasteiger partial charge in [-0.15, -0.1) is 0 Å². The maximum absolute atomic E-state index is 11.5. The van der Waals surface area contributed by atoms with Crippen molar-refractivity contribution in [2.75, 3.05) is 26.4 Å². The summed E-state index contributed by atoms with van der Waals surface area (Å²) in [4.78, 5) is 65.8. The smallest absolute Gasteiger partial charge is 0.306 e. The van der Waals surface area contributed by atoms with Gasteiger partial charge >= 0.3 is 35.8 Å². The maximum atomic E-state index is 11.5. The predicted molar refractivity (Wildman–Crippen MR) is 125 cm³/mol. The van der Waals surface area contributed by atoms with Crippen molar-refractivity contribution in [2.24, 2.45) is 0 Å². The van der Waals surface area contributed by atoms with E-state index in [1.165, 1.54) is 20.8 Å². The highest BCUT2D eigenvalue weighted by Gasteiger charge is 2.19. The van der Waals surface area contributed by atoms with Gasteiger partial charge in [-0.25, -0.2) is 0 Å². The van der Waals surface area contributed by atoms with E-state index < -0.39 is 30.1 Å². The van der Waals surface area contributed by atoms with E-state index in [0.717, 1.165) is 0 Å². The van der Waals surface area contributed by atoms with Gasteiger partial charge in [0.15, 0.2) is 12.2 Å². The molecular weight excluding hydrogens is 480 g/mol. The number of rotatable bonds is 16. The molecule has 12 heteroatoms. The molecule has 0 aliphatic heterocycles. The molecule has 0 aliphatic rings. The van der Waals surface area contributed by atoms with Crippen LogP contribution >= 0.6 is 0 Å². The highest BCUT2D eigenvalue weighted by molar-refractivity contribution is 5.71. The van der Waals surface area contributed by atoms with Crippen molar-refractivity contribution in [3.63, 3.8) is 0 Å². The molecule has 12 nitrogen and oxygen atoms in total. The fraction of sp³-hybridized carbons (Fsp3) is 0.750. The molecule has 0 spiro atoms. The van der Waals surface area contributed by atoms with E-state index >= 15 is 0 Å². The molecule has 0 aromatic heterocycles. The predicted octanol–water partition coefficient (Wildman–Crippen LogP) is 2.43. The SMILES string of the molecule is CC(=O)OCC(COC(C)=O)OC(C)=O.CCCC(=O)OCC(COC(=O)CCC)OC(=O)CCC. The zero-order valence-corrected chi connectivity index (χ0v) is 22.1. The minimum Gasteiger partial charge on any atom is -0.462 e. The fourth-order valence-corrected chi connectivity index (χ4v) is 2.26. The Morgan fingerprint density at radius 3 is 1.14 bits per heavy atom. The maximum Gasteiger partial charge on any atom is 0.306 e. The Bertz CT molecular complexity index is 649. The molecule has 0 aromatic rings. The lowest BCUT2D eigenvalue weighted by molar-refractivity contribution is -0.166. The monoisotopic (exact) mass is 520 g/mol. The molecule has 0 fully saturated rings. The zero-order valence-electron chi connectivity index (χ0n) is 22.1. The third-order valence-electron chi connectivity index (χ3n) is 3.80. The summed E-state index contributed by atoms with van der Waals surface area (Å²) in [6.07, 6.45) is 1.44. The van der Waals surface area contributed by atoms with Crippen LogP contribution in [0, 0.1) is 0 Å². The van der Waals surface area contributed by atoms with Crippen LogP contribution in [-0.2, 0) is 57.2 Å². The van der Waals surface area contributed by atoms with E-state index in [0.29, 0.717) is 32.1 Å². The van der Waals surface area contributed by atoms with Crippen molar-refractivity contribution in [3.8, 4) is 0 Å². The Morgan fingerprint density at radius 2 is 0.806 bits per heavy atom. The van der Waals surface area contributed by atoms with Gasteiger partial charge in [0, 0.05) is 40.0 Å². The molecule has 0 N–H and O–H groups in total. The largest absolute Gasteiger partial charge is 0.462 e. The van der Waals surface area contributed by atoms with Crippen LogP contribution in [0.4, 0.5) is 0 Å². The third kappa shape index (κ3) is 24.0. The molecule has 0 saturated carbocycles. The lowest BCUT2D eigenvalue weighted by Gasteiger charge is -2.18. The minimum absolute atomic E-state index is 0.0896. The third-order valence-corrected chi connectivity index (χ3v) is 3.80. The second-order valence-corrected chi connectivity index (χ2v) is 7.56. The molecule has 0 bridgehead atoms. The summed E-state index contributed by atoms with van der Waals surface area (Å²) in [5.41, 5.74) is 0. The topological polar surface area (TPSA) is 158 Å². The van der Waals surface area contributed by atoms with E-state index in [1.807, 2.05) is 20.8 Å². The van der Waals surface area contributed by atoms with Crippen LogP contribution in [0.2, 0.25) is 0 Å². The molecule has 0 aromatic carbocycles. The van der Waals surface area contributed by atoms with Crippen LogP contribution in [0.15, 0.2) is 0 Å². The number of hydrogen-bond acceptors (Lipinski definition) is 12. The summed E-state index contributed by atoms with van der Waals surface area (Å²) in [5, 5.41) is 0. The first-order valence-electron chi connectivity index (χ1n) is 11.9. The van der Waals surface area contributed by atoms with Crippen molar-refractivity contribution in [2.45, 2.75) is 92.3 Å². The van der Waals surface area contributed by atoms with Gasteiger partial charge in [-0.1, -0.05) is 20.8 Å². The summed E-state index contributed by atoms with van der Waals surface area (Å²) < 4.78 is 29.2. The summed E-state index contributed by atoms with van der Waals surface area (Å²) >= 11 is 0. The number of hydrogen-bond donors (Lipinski definition) is 0. The van der Waals surface area contributed by atoms with E-state index in [1.54, 1.807) is 0 Å². The Kier molecular flexibility index (Phi) is 21.7. The molecule has 0 unspecified atom stereocenters. The second kappa shape index (κ2) is 22.3. The van der Waals surface area contributed by atoms with Gasteiger partial charge in [-0.3, -0.25) is 28.8 Å². The summed E-state index contributed by atoms with van der Waals surface area (Å²) in [7, 11) is 0. The Morgan fingerprint density at radius 1 is 0.472 bits per heavy atom. The van der Waals surface area contributed by atoms with E-state index in [-0.39, 0.29) is 50.8 Å². The molecule has 0 amide bonds. The average molecular weight is 521 g/mol. The van der Waals surface area contributed by atoms with Gasteiger partial charge in [0.2, 0.25) is 0 Å². The molecular formula is C24H40O12. The van der Waals surface area contributed by atoms with Crippen molar-refractivity contribution in [3.05, 3.63) is 0 Å². The van der Waals surface area contributed by atoms with E-state index in [2.05, 4.69) is 9.47 Å². The molecule has 0 radical (unpaired) electrons. The van der Waals surface area contributed by atoms with Gasteiger partial charge < -0.3 is 28.4 Å². The first-order valence-corrected chi connectivity index (χ1v) is 11.9. The van der Waals surface area contributed by atoms with Crippen LogP contribution in [0.3, 0.4) is 0 Å².